The average molecular weight is 284 g/mol. The van der Waals surface area contributed by atoms with Crippen LogP contribution >= 0.6 is 0 Å². The number of aryl methyl sites for hydroxylation is 1. The van der Waals surface area contributed by atoms with Crippen LogP contribution in [-0.2, 0) is 6.42 Å². The number of H-pyrrole nitrogens is 1. The molecule has 6 rings (SSSR count). The molecule has 0 amide bonds. The maximum absolute atomic E-state index is 9.91. The summed E-state index contributed by atoms with van der Waals surface area (Å²) in [4.78, 5) is 12.1. The van der Waals surface area contributed by atoms with Crippen molar-refractivity contribution >= 4 is 16.9 Å². The predicted octanol–water partition coefficient (Wildman–Crippen LogP) is 1.95. The van der Waals surface area contributed by atoms with Gasteiger partial charge in [0.15, 0.2) is 0 Å². The molecule has 4 aliphatic rings. The van der Waals surface area contributed by atoms with Crippen LogP contribution in [0.5, 0.6) is 0 Å². The fourth-order valence-electron chi connectivity index (χ4n) is 5.46. The van der Waals surface area contributed by atoms with Crippen LogP contribution in [0.15, 0.2) is 12.5 Å². The molecule has 0 aromatic carbocycles. The van der Waals surface area contributed by atoms with Crippen molar-refractivity contribution in [2.75, 3.05) is 11.9 Å². The highest BCUT2D eigenvalue weighted by Crippen LogP contribution is 2.79. The van der Waals surface area contributed by atoms with Crippen LogP contribution in [0, 0.1) is 23.2 Å². The molecule has 0 aliphatic heterocycles. The van der Waals surface area contributed by atoms with Crippen molar-refractivity contribution < 1.29 is 5.11 Å². The lowest BCUT2D eigenvalue weighted by Gasteiger charge is -2.24. The van der Waals surface area contributed by atoms with Gasteiger partial charge in [0.05, 0.1) is 12.0 Å². The van der Waals surface area contributed by atoms with Crippen LogP contribution in [0.2, 0.25) is 0 Å². The zero-order valence-corrected chi connectivity index (χ0v) is 12.1. The second kappa shape index (κ2) is 3.77. The van der Waals surface area contributed by atoms with Crippen molar-refractivity contribution in [2.45, 2.75) is 32.2 Å². The van der Waals surface area contributed by atoms with E-state index in [0.29, 0.717) is 18.6 Å². The molecule has 0 spiro atoms. The molecule has 5 heteroatoms. The average Bonchev–Trinajstić information content (AvgIpc) is 3.03. The Labute approximate surface area is 123 Å². The molecule has 4 fully saturated rings. The number of fused-ring (bicyclic) bond motifs is 1. The van der Waals surface area contributed by atoms with Gasteiger partial charge in [-0.25, -0.2) is 9.97 Å². The minimum Gasteiger partial charge on any atom is -0.396 e. The molecule has 5 nitrogen and oxygen atoms in total. The molecule has 2 heterocycles. The number of rotatable bonds is 4. The SMILES string of the molecule is CCc1c[nH]c2ncnc(NC3C4CC5C(C4)C53CO)c12. The summed E-state index contributed by atoms with van der Waals surface area (Å²) in [5, 5.41) is 14.7. The minimum absolute atomic E-state index is 0.143. The Hall–Kier alpha value is -1.62. The van der Waals surface area contributed by atoms with Gasteiger partial charge in [0, 0.05) is 17.7 Å². The topological polar surface area (TPSA) is 73.8 Å². The molecule has 0 saturated heterocycles. The van der Waals surface area contributed by atoms with E-state index < -0.39 is 0 Å². The summed E-state index contributed by atoms with van der Waals surface area (Å²) in [6.07, 6.45) is 7.18. The summed E-state index contributed by atoms with van der Waals surface area (Å²) in [6, 6.07) is 0.384. The minimum atomic E-state index is 0.143. The van der Waals surface area contributed by atoms with Gasteiger partial charge in [-0.3, -0.25) is 0 Å². The third kappa shape index (κ3) is 1.27. The number of hydrogen-bond donors (Lipinski definition) is 3. The summed E-state index contributed by atoms with van der Waals surface area (Å²) < 4.78 is 0. The number of aromatic amines is 1. The molecule has 0 radical (unpaired) electrons. The lowest BCUT2D eigenvalue weighted by Crippen LogP contribution is -2.33. The maximum atomic E-state index is 9.91. The summed E-state index contributed by atoms with van der Waals surface area (Å²) in [6.45, 7) is 2.47. The van der Waals surface area contributed by atoms with Gasteiger partial charge in [0.25, 0.3) is 0 Å². The standard InChI is InChI=1S/C16H20N4O/c1-2-8-5-17-14-12(8)15(19-7-18-14)20-13-9-3-10-11(4-9)16(10,13)6-21/h5,7,9-11,13,21H,2-4,6H2,1H3,(H2,17,18,19,20). The highest BCUT2D eigenvalue weighted by molar-refractivity contribution is 5.90. The molecule has 4 aliphatic carbocycles. The van der Waals surface area contributed by atoms with E-state index in [2.05, 4.69) is 27.2 Å². The van der Waals surface area contributed by atoms with Gasteiger partial charge in [0.2, 0.25) is 0 Å². The number of anilines is 1. The van der Waals surface area contributed by atoms with E-state index in [1.165, 1.54) is 18.4 Å². The van der Waals surface area contributed by atoms with Crippen LogP contribution in [0.4, 0.5) is 5.82 Å². The summed E-state index contributed by atoms with van der Waals surface area (Å²) in [5.41, 5.74) is 2.30. The Morgan fingerprint density at radius 1 is 1.38 bits per heavy atom. The lowest BCUT2D eigenvalue weighted by atomic mass is 9.98. The van der Waals surface area contributed by atoms with Crippen LogP contribution in [0.1, 0.15) is 25.3 Å². The van der Waals surface area contributed by atoms with Gasteiger partial charge in [-0.1, -0.05) is 6.92 Å². The second-order valence-electron chi connectivity index (χ2n) is 6.95. The van der Waals surface area contributed by atoms with Crippen LogP contribution < -0.4 is 5.32 Å². The third-order valence-corrected chi connectivity index (χ3v) is 6.42. The predicted molar refractivity (Wildman–Crippen MR) is 79.9 cm³/mol. The van der Waals surface area contributed by atoms with Crippen molar-refractivity contribution in [3.8, 4) is 0 Å². The van der Waals surface area contributed by atoms with Crippen molar-refractivity contribution in [3.05, 3.63) is 18.1 Å². The molecule has 3 atom stereocenters. The normalized spacial score (nSPS) is 39.1. The van der Waals surface area contributed by atoms with Gasteiger partial charge in [-0.15, -0.1) is 0 Å². The van der Waals surface area contributed by atoms with Gasteiger partial charge in [-0.05, 0) is 42.6 Å². The molecular formula is C16H20N4O. The number of hydrogen-bond acceptors (Lipinski definition) is 4. The number of aliphatic hydroxyl groups excluding tert-OH is 1. The summed E-state index contributed by atoms with van der Waals surface area (Å²) in [5.74, 6) is 3.15. The van der Waals surface area contributed by atoms with Crippen LogP contribution in [0.25, 0.3) is 11.0 Å². The van der Waals surface area contributed by atoms with Gasteiger partial charge in [0.1, 0.15) is 17.8 Å². The van der Waals surface area contributed by atoms with E-state index in [4.69, 9.17) is 0 Å². The first-order chi connectivity index (χ1) is 10.3. The largest absolute Gasteiger partial charge is 0.396 e. The van der Waals surface area contributed by atoms with Crippen molar-refractivity contribution in [1.82, 2.24) is 15.0 Å². The molecule has 110 valence electrons. The maximum Gasteiger partial charge on any atom is 0.143 e. The first kappa shape index (κ1) is 12.0. The smallest absolute Gasteiger partial charge is 0.143 e. The second-order valence-corrected chi connectivity index (χ2v) is 6.95. The first-order valence-electron chi connectivity index (χ1n) is 7.98. The number of aliphatic hydroxyl groups is 1. The monoisotopic (exact) mass is 284 g/mol. The number of nitrogens with one attached hydrogen (secondary N) is 2. The molecular weight excluding hydrogens is 264 g/mol. The fourth-order valence-corrected chi connectivity index (χ4v) is 5.46. The Balaban J connectivity index is 1.56. The van der Waals surface area contributed by atoms with E-state index in [1.54, 1.807) is 6.33 Å². The zero-order chi connectivity index (χ0) is 14.2. The molecule has 4 bridgehead atoms. The highest BCUT2D eigenvalue weighted by atomic mass is 16.3. The summed E-state index contributed by atoms with van der Waals surface area (Å²) >= 11 is 0. The highest BCUT2D eigenvalue weighted by Gasteiger charge is 2.79. The molecule has 2 aromatic heterocycles. The molecule has 2 aromatic rings. The Morgan fingerprint density at radius 3 is 2.90 bits per heavy atom. The van der Waals surface area contributed by atoms with Crippen molar-refractivity contribution in [3.63, 3.8) is 0 Å². The number of nitrogens with zero attached hydrogens (tertiary/aromatic N) is 2. The van der Waals surface area contributed by atoms with Crippen LogP contribution in [-0.4, -0.2) is 32.7 Å². The zero-order valence-electron chi connectivity index (χ0n) is 12.1. The van der Waals surface area contributed by atoms with Crippen LogP contribution in [0.3, 0.4) is 0 Å². The fraction of sp³-hybridized carbons (Fsp3) is 0.625. The third-order valence-electron chi connectivity index (χ3n) is 6.42. The number of aromatic nitrogens is 3. The molecule has 21 heavy (non-hydrogen) atoms. The first-order valence-corrected chi connectivity index (χ1v) is 7.98. The molecule has 4 saturated carbocycles. The quantitative estimate of drug-likeness (QED) is 0.802. The van der Waals surface area contributed by atoms with Crippen molar-refractivity contribution in [1.29, 1.82) is 0 Å². The van der Waals surface area contributed by atoms with Gasteiger partial charge >= 0.3 is 0 Å². The van der Waals surface area contributed by atoms with E-state index in [0.717, 1.165) is 35.1 Å². The van der Waals surface area contributed by atoms with E-state index >= 15 is 0 Å². The Kier molecular flexibility index (Phi) is 2.15. The Morgan fingerprint density at radius 2 is 2.19 bits per heavy atom. The van der Waals surface area contributed by atoms with E-state index in [1.807, 2.05) is 6.20 Å². The van der Waals surface area contributed by atoms with Crippen molar-refractivity contribution in [2.24, 2.45) is 23.2 Å². The lowest BCUT2D eigenvalue weighted by molar-refractivity contribution is 0.194. The van der Waals surface area contributed by atoms with Gasteiger partial charge < -0.3 is 15.4 Å². The van der Waals surface area contributed by atoms with E-state index in [9.17, 15) is 5.11 Å². The van der Waals surface area contributed by atoms with E-state index in [-0.39, 0.29) is 5.41 Å². The molecule has 3 unspecified atom stereocenters. The Bertz CT molecular complexity index is 712. The summed E-state index contributed by atoms with van der Waals surface area (Å²) in [7, 11) is 0. The molecule has 3 N–H and O–H groups in total. The van der Waals surface area contributed by atoms with Gasteiger partial charge in [-0.2, -0.15) is 0 Å².